The molecule has 0 aromatic rings. The van der Waals surface area contributed by atoms with E-state index in [2.05, 4.69) is 17.3 Å². The van der Waals surface area contributed by atoms with Gasteiger partial charge >= 0.3 is 0 Å². The van der Waals surface area contributed by atoms with Crippen LogP contribution in [0.3, 0.4) is 0 Å². The molecule has 2 rings (SSSR count). The Kier molecular flexibility index (Phi) is 2.66. The number of hydrogen-bond donors (Lipinski definition) is 1. The fourth-order valence-corrected chi connectivity index (χ4v) is 2.56. The van der Waals surface area contributed by atoms with Crippen LogP contribution in [0.4, 0.5) is 0 Å². The molecule has 2 aliphatic rings. The van der Waals surface area contributed by atoms with E-state index in [1.807, 2.05) is 0 Å². The number of likely N-dealkylation sites (tertiary alicyclic amines) is 1. The average molecular weight is 168 g/mol. The third-order valence-corrected chi connectivity index (χ3v) is 3.43. The Morgan fingerprint density at radius 2 is 2.00 bits per heavy atom. The van der Waals surface area contributed by atoms with Crippen LogP contribution < -0.4 is 5.32 Å². The summed E-state index contributed by atoms with van der Waals surface area (Å²) in [6.07, 6.45) is 5.63. The number of rotatable bonds is 0. The molecule has 0 radical (unpaired) electrons. The molecule has 1 N–H and O–H groups in total. The number of nitrogens with one attached hydrogen (secondary N) is 1. The molecule has 0 saturated carbocycles. The van der Waals surface area contributed by atoms with E-state index in [1.54, 1.807) is 0 Å². The van der Waals surface area contributed by atoms with Crippen LogP contribution in [0.5, 0.6) is 0 Å². The molecule has 2 heteroatoms. The molecule has 2 aliphatic heterocycles. The van der Waals surface area contributed by atoms with E-state index in [4.69, 9.17) is 0 Å². The summed E-state index contributed by atoms with van der Waals surface area (Å²) in [7, 11) is 2.25. The molecule has 2 nitrogen and oxygen atoms in total. The summed E-state index contributed by atoms with van der Waals surface area (Å²) in [5, 5.41) is 3.65. The number of nitrogens with zero attached hydrogens (tertiary/aromatic N) is 1. The summed E-state index contributed by atoms with van der Waals surface area (Å²) in [5.41, 5.74) is 0. The standard InChI is InChI=1S/C10H20N2/c1-12-7-4-9-3-2-6-11-10(9)5-8-12/h9-11H,2-8H2,1H3. The Morgan fingerprint density at radius 1 is 1.17 bits per heavy atom. The first-order valence-electron chi connectivity index (χ1n) is 5.28. The molecule has 2 heterocycles. The molecule has 2 atom stereocenters. The van der Waals surface area contributed by atoms with E-state index >= 15 is 0 Å². The van der Waals surface area contributed by atoms with Crippen LogP contribution in [0.15, 0.2) is 0 Å². The number of hydrogen-bond acceptors (Lipinski definition) is 2. The average Bonchev–Trinajstić information content (AvgIpc) is 2.29. The van der Waals surface area contributed by atoms with Crippen molar-refractivity contribution in [1.29, 1.82) is 0 Å². The number of piperidine rings is 1. The zero-order valence-electron chi connectivity index (χ0n) is 8.05. The van der Waals surface area contributed by atoms with Gasteiger partial charge in [-0.05, 0) is 58.3 Å². The lowest BCUT2D eigenvalue weighted by Crippen LogP contribution is -2.41. The highest BCUT2D eigenvalue weighted by Gasteiger charge is 2.26. The highest BCUT2D eigenvalue weighted by molar-refractivity contribution is 4.84. The minimum Gasteiger partial charge on any atom is -0.314 e. The second-order valence-electron chi connectivity index (χ2n) is 4.34. The van der Waals surface area contributed by atoms with Crippen LogP contribution in [0.2, 0.25) is 0 Å². The van der Waals surface area contributed by atoms with Gasteiger partial charge in [-0.15, -0.1) is 0 Å². The van der Waals surface area contributed by atoms with Crippen molar-refractivity contribution >= 4 is 0 Å². The summed E-state index contributed by atoms with van der Waals surface area (Å²) in [6.45, 7) is 3.85. The van der Waals surface area contributed by atoms with Crippen molar-refractivity contribution in [1.82, 2.24) is 10.2 Å². The SMILES string of the molecule is CN1CCC2CCCNC2CC1. The first-order chi connectivity index (χ1) is 5.86. The lowest BCUT2D eigenvalue weighted by molar-refractivity contribution is 0.272. The lowest BCUT2D eigenvalue weighted by Gasteiger charge is -2.30. The van der Waals surface area contributed by atoms with Gasteiger partial charge in [0.2, 0.25) is 0 Å². The van der Waals surface area contributed by atoms with Crippen LogP contribution >= 0.6 is 0 Å². The van der Waals surface area contributed by atoms with Crippen molar-refractivity contribution in [3.05, 3.63) is 0 Å². The molecule has 0 amide bonds. The van der Waals surface area contributed by atoms with Crippen LogP contribution in [0, 0.1) is 5.92 Å². The summed E-state index contributed by atoms with van der Waals surface area (Å²) in [4.78, 5) is 2.47. The normalized spacial score (nSPS) is 38.8. The van der Waals surface area contributed by atoms with E-state index in [1.165, 1.54) is 45.3 Å². The monoisotopic (exact) mass is 168 g/mol. The molecule has 0 aromatic carbocycles. The molecular formula is C10H20N2. The molecule has 12 heavy (non-hydrogen) atoms. The largest absolute Gasteiger partial charge is 0.314 e. The molecule has 0 spiro atoms. The minimum atomic E-state index is 0.837. The summed E-state index contributed by atoms with van der Waals surface area (Å²) < 4.78 is 0. The smallest absolute Gasteiger partial charge is 0.0108 e. The van der Waals surface area contributed by atoms with Gasteiger partial charge in [0.25, 0.3) is 0 Å². The van der Waals surface area contributed by atoms with Crippen molar-refractivity contribution in [3.8, 4) is 0 Å². The van der Waals surface area contributed by atoms with Gasteiger partial charge in [-0.25, -0.2) is 0 Å². The molecule has 2 unspecified atom stereocenters. The van der Waals surface area contributed by atoms with Gasteiger partial charge in [0.15, 0.2) is 0 Å². The van der Waals surface area contributed by atoms with Gasteiger partial charge < -0.3 is 10.2 Å². The second kappa shape index (κ2) is 3.75. The van der Waals surface area contributed by atoms with E-state index in [0.717, 1.165) is 12.0 Å². The molecule has 0 aromatic heterocycles. The Balaban J connectivity index is 1.94. The summed E-state index contributed by atoms with van der Waals surface area (Å²) in [6, 6.07) is 0.837. The van der Waals surface area contributed by atoms with Crippen LogP contribution in [-0.4, -0.2) is 37.6 Å². The molecule has 70 valence electrons. The molecule has 0 aliphatic carbocycles. The van der Waals surface area contributed by atoms with E-state index < -0.39 is 0 Å². The van der Waals surface area contributed by atoms with Gasteiger partial charge in [-0.2, -0.15) is 0 Å². The first kappa shape index (κ1) is 8.52. The second-order valence-corrected chi connectivity index (χ2v) is 4.34. The van der Waals surface area contributed by atoms with Gasteiger partial charge in [0, 0.05) is 6.04 Å². The molecule has 0 bridgehead atoms. The predicted octanol–water partition coefficient (Wildman–Crippen LogP) is 1.08. The topological polar surface area (TPSA) is 15.3 Å². The Morgan fingerprint density at radius 3 is 2.92 bits per heavy atom. The highest BCUT2D eigenvalue weighted by atomic mass is 15.1. The van der Waals surface area contributed by atoms with Crippen molar-refractivity contribution < 1.29 is 0 Å². The zero-order valence-corrected chi connectivity index (χ0v) is 8.05. The van der Waals surface area contributed by atoms with E-state index in [-0.39, 0.29) is 0 Å². The Bertz CT molecular complexity index is 131. The third-order valence-electron chi connectivity index (χ3n) is 3.43. The van der Waals surface area contributed by atoms with Crippen molar-refractivity contribution in [2.45, 2.75) is 31.7 Å². The molecule has 2 fully saturated rings. The van der Waals surface area contributed by atoms with Gasteiger partial charge in [-0.1, -0.05) is 0 Å². The van der Waals surface area contributed by atoms with E-state index in [9.17, 15) is 0 Å². The lowest BCUT2D eigenvalue weighted by atomic mass is 9.87. The number of fused-ring (bicyclic) bond motifs is 1. The van der Waals surface area contributed by atoms with Crippen molar-refractivity contribution in [2.24, 2.45) is 5.92 Å². The van der Waals surface area contributed by atoms with Crippen LogP contribution in [-0.2, 0) is 0 Å². The highest BCUT2D eigenvalue weighted by Crippen LogP contribution is 2.24. The maximum atomic E-state index is 3.65. The maximum absolute atomic E-state index is 3.65. The minimum absolute atomic E-state index is 0.837. The van der Waals surface area contributed by atoms with Crippen molar-refractivity contribution in [3.63, 3.8) is 0 Å². The van der Waals surface area contributed by atoms with Gasteiger partial charge in [0.1, 0.15) is 0 Å². The van der Waals surface area contributed by atoms with Crippen LogP contribution in [0.25, 0.3) is 0 Å². The Hall–Kier alpha value is -0.0800. The summed E-state index contributed by atoms with van der Waals surface area (Å²) in [5.74, 6) is 0.976. The third kappa shape index (κ3) is 1.80. The first-order valence-corrected chi connectivity index (χ1v) is 5.28. The van der Waals surface area contributed by atoms with E-state index in [0.29, 0.717) is 0 Å². The molecule has 2 saturated heterocycles. The van der Waals surface area contributed by atoms with Crippen LogP contribution in [0.1, 0.15) is 25.7 Å². The molecular weight excluding hydrogens is 148 g/mol. The van der Waals surface area contributed by atoms with Gasteiger partial charge in [0.05, 0.1) is 0 Å². The fraction of sp³-hybridized carbons (Fsp3) is 1.00. The zero-order chi connectivity index (χ0) is 8.39. The Labute approximate surface area is 75.3 Å². The quantitative estimate of drug-likeness (QED) is 0.582. The van der Waals surface area contributed by atoms with Crippen molar-refractivity contribution in [2.75, 3.05) is 26.7 Å². The maximum Gasteiger partial charge on any atom is 0.0108 e. The predicted molar refractivity (Wildman–Crippen MR) is 51.2 cm³/mol. The summed E-state index contributed by atoms with van der Waals surface area (Å²) >= 11 is 0. The van der Waals surface area contributed by atoms with Gasteiger partial charge in [-0.3, -0.25) is 0 Å². The fourth-order valence-electron chi connectivity index (χ4n) is 2.56.